The molecular weight excluding hydrogens is 199 g/mol. The lowest BCUT2D eigenvalue weighted by molar-refractivity contribution is 0.196. The van der Waals surface area contributed by atoms with Crippen LogP contribution in [0.15, 0.2) is 24.3 Å². The molecule has 0 saturated heterocycles. The Kier molecular flexibility index (Phi) is 4.42. The van der Waals surface area contributed by atoms with Gasteiger partial charge < -0.3 is 5.11 Å². The lowest BCUT2D eigenvalue weighted by Gasteiger charge is -2.13. The average molecular weight is 214 g/mol. The van der Waals surface area contributed by atoms with Crippen molar-refractivity contribution in [2.24, 2.45) is 0 Å². The van der Waals surface area contributed by atoms with Crippen molar-refractivity contribution >= 4 is 11.8 Å². The van der Waals surface area contributed by atoms with Crippen LogP contribution in [0.5, 0.6) is 0 Å². The standard InChI is InChI=1S/C11H15FOS/c1-8(13)9(2)14-7-10-4-3-5-11(12)6-10/h3-6,8-9,13H,7H2,1-2H3. The highest BCUT2D eigenvalue weighted by Gasteiger charge is 2.08. The first kappa shape index (κ1) is 11.5. The van der Waals surface area contributed by atoms with Crippen LogP contribution in [0.4, 0.5) is 4.39 Å². The molecule has 14 heavy (non-hydrogen) atoms. The zero-order chi connectivity index (χ0) is 10.6. The lowest BCUT2D eigenvalue weighted by atomic mass is 10.2. The topological polar surface area (TPSA) is 20.2 Å². The summed E-state index contributed by atoms with van der Waals surface area (Å²) in [6, 6.07) is 6.57. The molecule has 0 saturated carbocycles. The highest BCUT2D eigenvalue weighted by atomic mass is 32.2. The van der Waals surface area contributed by atoms with Crippen molar-refractivity contribution in [2.45, 2.75) is 31.0 Å². The van der Waals surface area contributed by atoms with Crippen molar-refractivity contribution in [1.29, 1.82) is 0 Å². The highest BCUT2D eigenvalue weighted by molar-refractivity contribution is 7.99. The second-order valence-electron chi connectivity index (χ2n) is 3.39. The van der Waals surface area contributed by atoms with Crippen LogP contribution in [0, 0.1) is 5.82 Å². The normalized spacial score (nSPS) is 15.1. The van der Waals surface area contributed by atoms with E-state index in [1.54, 1.807) is 24.8 Å². The zero-order valence-corrected chi connectivity index (χ0v) is 9.22. The summed E-state index contributed by atoms with van der Waals surface area (Å²) in [5, 5.41) is 9.44. The number of thioether (sulfide) groups is 1. The number of benzene rings is 1. The molecule has 1 aromatic rings. The van der Waals surface area contributed by atoms with Crippen molar-refractivity contribution in [3.63, 3.8) is 0 Å². The van der Waals surface area contributed by atoms with Crippen molar-refractivity contribution in [2.75, 3.05) is 0 Å². The van der Waals surface area contributed by atoms with Gasteiger partial charge in [0.25, 0.3) is 0 Å². The van der Waals surface area contributed by atoms with E-state index in [-0.39, 0.29) is 17.2 Å². The molecule has 0 aliphatic heterocycles. The molecule has 1 rings (SSSR count). The molecule has 0 radical (unpaired) electrons. The molecule has 0 fully saturated rings. The monoisotopic (exact) mass is 214 g/mol. The molecule has 2 unspecified atom stereocenters. The quantitative estimate of drug-likeness (QED) is 0.831. The van der Waals surface area contributed by atoms with Gasteiger partial charge in [0.2, 0.25) is 0 Å². The molecule has 0 aliphatic rings. The number of hydrogen-bond acceptors (Lipinski definition) is 2. The summed E-state index contributed by atoms with van der Waals surface area (Å²) >= 11 is 1.63. The Morgan fingerprint density at radius 3 is 2.71 bits per heavy atom. The largest absolute Gasteiger partial charge is 0.392 e. The Hall–Kier alpha value is -0.540. The number of hydrogen-bond donors (Lipinski definition) is 1. The molecule has 1 nitrogen and oxygen atoms in total. The molecule has 78 valence electrons. The summed E-state index contributed by atoms with van der Waals surface area (Å²) in [6.07, 6.45) is -0.325. The molecule has 0 amide bonds. The van der Waals surface area contributed by atoms with E-state index in [0.717, 1.165) is 11.3 Å². The number of rotatable bonds is 4. The van der Waals surface area contributed by atoms with Crippen LogP contribution < -0.4 is 0 Å². The van der Waals surface area contributed by atoms with E-state index in [9.17, 15) is 9.50 Å². The Morgan fingerprint density at radius 2 is 2.14 bits per heavy atom. The predicted molar refractivity (Wildman–Crippen MR) is 58.8 cm³/mol. The number of aliphatic hydroxyl groups is 1. The fraction of sp³-hybridized carbons (Fsp3) is 0.455. The van der Waals surface area contributed by atoms with Crippen LogP contribution in [-0.4, -0.2) is 16.5 Å². The lowest BCUT2D eigenvalue weighted by Crippen LogP contribution is -2.15. The first-order valence-corrected chi connectivity index (χ1v) is 5.68. The Labute approximate surface area is 88.3 Å². The van der Waals surface area contributed by atoms with Crippen molar-refractivity contribution in [1.82, 2.24) is 0 Å². The third-order valence-electron chi connectivity index (χ3n) is 2.08. The summed E-state index contributed by atoms with van der Waals surface area (Å²) in [5.74, 6) is 0.539. The van der Waals surface area contributed by atoms with Crippen LogP contribution in [0.1, 0.15) is 19.4 Å². The minimum absolute atomic E-state index is 0.179. The highest BCUT2D eigenvalue weighted by Crippen LogP contribution is 2.20. The minimum atomic E-state index is -0.325. The van der Waals surface area contributed by atoms with Crippen LogP contribution in [0.2, 0.25) is 0 Å². The van der Waals surface area contributed by atoms with Gasteiger partial charge in [0.15, 0.2) is 0 Å². The molecule has 0 bridgehead atoms. The second kappa shape index (κ2) is 5.37. The van der Waals surface area contributed by atoms with Crippen LogP contribution in [0.25, 0.3) is 0 Å². The van der Waals surface area contributed by atoms with Gasteiger partial charge in [-0.25, -0.2) is 4.39 Å². The number of halogens is 1. The maximum Gasteiger partial charge on any atom is 0.123 e. The molecule has 3 heteroatoms. The van der Waals surface area contributed by atoms with Gasteiger partial charge >= 0.3 is 0 Å². The third-order valence-corrected chi connectivity index (χ3v) is 3.50. The van der Waals surface area contributed by atoms with E-state index >= 15 is 0 Å². The van der Waals surface area contributed by atoms with Gasteiger partial charge in [0.05, 0.1) is 6.10 Å². The molecule has 0 heterocycles. The predicted octanol–water partition coefficient (Wildman–Crippen LogP) is 2.83. The third kappa shape index (κ3) is 3.68. The van der Waals surface area contributed by atoms with E-state index < -0.39 is 0 Å². The van der Waals surface area contributed by atoms with Gasteiger partial charge in [-0.2, -0.15) is 11.8 Å². The first-order valence-electron chi connectivity index (χ1n) is 4.63. The summed E-state index contributed by atoms with van der Waals surface area (Å²) in [5.41, 5.74) is 0.961. The molecule has 2 atom stereocenters. The Bertz CT molecular complexity index is 288. The van der Waals surface area contributed by atoms with Crippen LogP contribution in [0.3, 0.4) is 0 Å². The van der Waals surface area contributed by atoms with Gasteiger partial charge in [0, 0.05) is 11.0 Å². The second-order valence-corrected chi connectivity index (χ2v) is 4.75. The Morgan fingerprint density at radius 1 is 1.43 bits per heavy atom. The maximum absolute atomic E-state index is 12.8. The van der Waals surface area contributed by atoms with Gasteiger partial charge in [-0.3, -0.25) is 0 Å². The summed E-state index contributed by atoms with van der Waals surface area (Å²) in [7, 11) is 0. The molecule has 0 spiro atoms. The van der Waals surface area contributed by atoms with E-state index in [1.165, 1.54) is 12.1 Å². The smallest absolute Gasteiger partial charge is 0.123 e. The molecule has 1 aromatic carbocycles. The molecule has 0 aromatic heterocycles. The molecule has 0 aliphatic carbocycles. The van der Waals surface area contributed by atoms with Gasteiger partial charge in [-0.1, -0.05) is 19.1 Å². The first-order chi connectivity index (χ1) is 6.59. The molecular formula is C11H15FOS. The summed E-state index contributed by atoms with van der Waals surface area (Å²) < 4.78 is 12.8. The van der Waals surface area contributed by atoms with E-state index in [1.807, 2.05) is 13.0 Å². The van der Waals surface area contributed by atoms with Gasteiger partial charge in [-0.05, 0) is 24.6 Å². The zero-order valence-electron chi connectivity index (χ0n) is 8.40. The van der Waals surface area contributed by atoms with E-state index in [4.69, 9.17) is 0 Å². The maximum atomic E-state index is 12.8. The average Bonchev–Trinajstić information content (AvgIpc) is 2.14. The number of aliphatic hydroxyl groups excluding tert-OH is 1. The van der Waals surface area contributed by atoms with E-state index in [0.29, 0.717) is 0 Å². The van der Waals surface area contributed by atoms with Crippen molar-refractivity contribution in [3.05, 3.63) is 35.6 Å². The summed E-state index contributed by atoms with van der Waals surface area (Å²) in [4.78, 5) is 0. The molecule has 1 N–H and O–H groups in total. The SMILES string of the molecule is CC(O)C(C)SCc1cccc(F)c1. The van der Waals surface area contributed by atoms with E-state index in [2.05, 4.69) is 0 Å². The minimum Gasteiger partial charge on any atom is -0.392 e. The van der Waals surface area contributed by atoms with Crippen molar-refractivity contribution in [3.8, 4) is 0 Å². The summed E-state index contributed by atoms with van der Waals surface area (Å²) in [6.45, 7) is 3.73. The van der Waals surface area contributed by atoms with Gasteiger partial charge in [-0.15, -0.1) is 0 Å². The fourth-order valence-electron chi connectivity index (χ4n) is 0.994. The Balaban J connectivity index is 2.45. The van der Waals surface area contributed by atoms with Crippen LogP contribution >= 0.6 is 11.8 Å². The van der Waals surface area contributed by atoms with Crippen molar-refractivity contribution < 1.29 is 9.50 Å². The van der Waals surface area contributed by atoms with Crippen LogP contribution in [-0.2, 0) is 5.75 Å². The van der Waals surface area contributed by atoms with Gasteiger partial charge in [0.1, 0.15) is 5.82 Å². The fourth-order valence-corrected chi connectivity index (χ4v) is 1.91.